The molecular formula is C62H36O. The molecule has 1 heterocycles. The van der Waals surface area contributed by atoms with Crippen molar-refractivity contribution in [2.75, 3.05) is 0 Å². The van der Waals surface area contributed by atoms with Crippen molar-refractivity contribution in [3.05, 3.63) is 218 Å². The fraction of sp³-hybridized carbons (Fsp3) is 0. The van der Waals surface area contributed by atoms with Gasteiger partial charge < -0.3 is 4.42 Å². The largest absolute Gasteiger partial charge is 0.456 e. The second kappa shape index (κ2) is 13.1. The normalized spacial score (nSPS) is 12.1. The van der Waals surface area contributed by atoms with Gasteiger partial charge in [0, 0.05) is 10.8 Å². The van der Waals surface area contributed by atoms with Crippen LogP contribution in [0.2, 0.25) is 0 Å². The molecule has 0 unspecified atom stereocenters. The molecular weight excluding hydrogens is 761 g/mol. The Morgan fingerprint density at radius 1 is 0.206 bits per heavy atom. The van der Waals surface area contributed by atoms with Crippen LogP contribution in [0.3, 0.4) is 0 Å². The molecule has 0 aliphatic rings. The van der Waals surface area contributed by atoms with Gasteiger partial charge in [-0.25, -0.2) is 0 Å². The van der Waals surface area contributed by atoms with Crippen LogP contribution in [0.1, 0.15) is 0 Å². The molecule has 0 aliphatic heterocycles. The molecule has 13 aromatic carbocycles. The van der Waals surface area contributed by atoms with Crippen LogP contribution in [0.4, 0.5) is 0 Å². The summed E-state index contributed by atoms with van der Waals surface area (Å²) in [6, 6.07) is 80.6. The third kappa shape index (κ3) is 5.11. The standard InChI is InChI=1S/C62H36O/c1-3-11-37(12-4-1)42-20-21-43-32-56-57(35-45(43)31-42)63-58-36-46(54-33-44-22-19-39-15-7-8-16-48(39)59(44)51-18-10-9-17-49(51)54)34-55(62(56)58)50-28-24-41-25-29-52-47(38-13-5-2-6-14-38)27-23-40-26-30-53(50)61(41)60(40)52/h1-36H. The van der Waals surface area contributed by atoms with Gasteiger partial charge >= 0.3 is 0 Å². The van der Waals surface area contributed by atoms with Gasteiger partial charge in [0.05, 0.1) is 0 Å². The fourth-order valence-corrected chi connectivity index (χ4v) is 10.8. The smallest absolute Gasteiger partial charge is 0.136 e. The van der Waals surface area contributed by atoms with Crippen molar-refractivity contribution in [2.24, 2.45) is 0 Å². The Bertz CT molecular complexity index is 4180. The highest BCUT2D eigenvalue weighted by Gasteiger charge is 2.22. The van der Waals surface area contributed by atoms with Gasteiger partial charge in [0.1, 0.15) is 11.2 Å². The molecule has 1 heteroatoms. The summed E-state index contributed by atoms with van der Waals surface area (Å²) in [5, 5.41) is 19.8. The number of fused-ring (bicyclic) bond motifs is 9. The molecule has 0 spiro atoms. The lowest BCUT2D eigenvalue weighted by atomic mass is 9.85. The Balaban J connectivity index is 1.08. The van der Waals surface area contributed by atoms with E-state index in [1.165, 1.54) is 109 Å². The van der Waals surface area contributed by atoms with E-state index in [1.54, 1.807) is 0 Å². The lowest BCUT2D eigenvalue weighted by molar-refractivity contribution is 0.669. The SMILES string of the molecule is c1ccc(-c2ccc3cc4c(cc3c2)oc2cc(-c3cc5ccc6ccccc6c5c5ccccc35)cc(-c3ccc5ccc6c(-c7ccccc7)ccc7ccc3c5c76)c24)cc1. The summed E-state index contributed by atoms with van der Waals surface area (Å²) in [7, 11) is 0. The third-order valence-electron chi connectivity index (χ3n) is 13.7. The van der Waals surface area contributed by atoms with Crippen molar-refractivity contribution in [3.63, 3.8) is 0 Å². The number of benzene rings is 13. The van der Waals surface area contributed by atoms with Gasteiger partial charge in [-0.15, -0.1) is 0 Å². The highest BCUT2D eigenvalue weighted by Crippen LogP contribution is 2.48. The number of hydrogen-bond acceptors (Lipinski definition) is 1. The second-order valence-electron chi connectivity index (χ2n) is 17.1. The average Bonchev–Trinajstić information content (AvgIpc) is 3.71. The first kappa shape index (κ1) is 34.5. The molecule has 0 saturated heterocycles. The molecule has 0 aliphatic carbocycles. The molecule has 0 fully saturated rings. The first-order chi connectivity index (χ1) is 31.2. The van der Waals surface area contributed by atoms with Crippen LogP contribution in [0.5, 0.6) is 0 Å². The van der Waals surface area contributed by atoms with Crippen molar-refractivity contribution in [1.82, 2.24) is 0 Å². The van der Waals surface area contributed by atoms with E-state index in [-0.39, 0.29) is 0 Å². The predicted octanol–water partition coefficient (Wildman–Crippen LogP) is 17.8. The van der Waals surface area contributed by atoms with E-state index in [9.17, 15) is 0 Å². The first-order valence-corrected chi connectivity index (χ1v) is 21.8. The van der Waals surface area contributed by atoms with Gasteiger partial charge in [0.25, 0.3) is 0 Å². The number of hydrogen-bond donors (Lipinski definition) is 0. The Morgan fingerprint density at radius 2 is 0.825 bits per heavy atom. The Morgan fingerprint density at radius 3 is 1.62 bits per heavy atom. The van der Waals surface area contributed by atoms with Gasteiger partial charge in [-0.3, -0.25) is 0 Å². The zero-order valence-corrected chi connectivity index (χ0v) is 34.2. The van der Waals surface area contributed by atoms with Crippen LogP contribution in [-0.2, 0) is 0 Å². The number of rotatable bonds is 4. The monoisotopic (exact) mass is 796 g/mol. The summed E-state index contributed by atoms with van der Waals surface area (Å²) in [5.74, 6) is 0. The quantitative estimate of drug-likeness (QED) is 0.162. The zero-order valence-electron chi connectivity index (χ0n) is 34.2. The lowest BCUT2D eigenvalue weighted by Gasteiger charge is -2.18. The van der Waals surface area contributed by atoms with Crippen LogP contribution >= 0.6 is 0 Å². The van der Waals surface area contributed by atoms with Gasteiger partial charge in [-0.05, 0) is 156 Å². The molecule has 0 amide bonds. The second-order valence-corrected chi connectivity index (χ2v) is 17.1. The van der Waals surface area contributed by atoms with Gasteiger partial charge in [-0.1, -0.05) is 182 Å². The van der Waals surface area contributed by atoms with Crippen LogP contribution in [0.15, 0.2) is 223 Å². The summed E-state index contributed by atoms with van der Waals surface area (Å²) in [5.41, 5.74) is 11.4. The summed E-state index contributed by atoms with van der Waals surface area (Å²) < 4.78 is 7.08. The molecule has 14 aromatic rings. The van der Waals surface area contributed by atoms with Crippen molar-refractivity contribution in [1.29, 1.82) is 0 Å². The summed E-state index contributed by atoms with van der Waals surface area (Å²) in [6.07, 6.45) is 0. The van der Waals surface area contributed by atoms with Crippen molar-refractivity contribution in [2.45, 2.75) is 0 Å². The fourth-order valence-electron chi connectivity index (χ4n) is 10.8. The van der Waals surface area contributed by atoms with Crippen LogP contribution < -0.4 is 0 Å². The minimum Gasteiger partial charge on any atom is -0.456 e. The predicted molar refractivity (Wildman–Crippen MR) is 269 cm³/mol. The van der Waals surface area contributed by atoms with E-state index in [2.05, 4.69) is 218 Å². The highest BCUT2D eigenvalue weighted by molar-refractivity contribution is 6.30. The molecule has 0 radical (unpaired) electrons. The highest BCUT2D eigenvalue weighted by atomic mass is 16.3. The van der Waals surface area contributed by atoms with Crippen LogP contribution in [0, 0.1) is 0 Å². The molecule has 63 heavy (non-hydrogen) atoms. The first-order valence-electron chi connectivity index (χ1n) is 21.8. The van der Waals surface area contributed by atoms with E-state index < -0.39 is 0 Å². The maximum Gasteiger partial charge on any atom is 0.136 e. The van der Waals surface area contributed by atoms with Gasteiger partial charge in [0.15, 0.2) is 0 Å². The van der Waals surface area contributed by atoms with E-state index in [0.29, 0.717) is 0 Å². The van der Waals surface area contributed by atoms with E-state index in [0.717, 1.165) is 32.9 Å². The molecule has 14 rings (SSSR count). The zero-order chi connectivity index (χ0) is 41.2. The van der Waals surface area contributed by atoms with Gasteiger partial charge in [-0.2, -0.15) is 0 Å². The summed E-state index contributed by atoms with van der Waals surface area (Å²) in [6.45, 7) is 0. The third-order valence-corrected chi connectivity index (χ3v) is 13.7. The summed E-state index contributed by atoms with van der Waals surface area (Å²) in [4.78, 5) is 0. The molecule has 1 aromatic heterocycles. The molecule has 290 valence electrons. The minimum atomic E-state index is 0.885. The topological polar surface area (TPSA) is 13.1 Å². The van der Waals surface area contributed by atoms with E-state index >= 15 is 0 Å². The Labute approximate surface area is 363 Å². The maximum atomic E-state index is 7.08. The van der Waals surface area contributed by atoms with Crippen LogP contribution in [0.25, 0.3) is 142 Å². The van der Waals surface area contributed by atoms with Crippen molar-refractivity contribution < 1.29 is 4.42 Å². The maximum absolute atomic E-state index is 7.08. The minimum absolute atomic E-state index is 0.885. The molecule has 0 atom stereocenters. The molecule has 0 saturated carbocycles. The van der Waals surface area contributed by atoms with Crippen molar-refractivity contribution in [3.8, 4) is 44.5 Å². The molecule has 1 nitrogen and oxygen atoms in total. The Hall–Kier alpha value is -8.26. The lowest BCUT2D eigenvalue weighted by Crippen LogP contribution is -1.91. The molecule has 0 bridgehead atoms. The van der Waals surface area contributed by atoms with E-state index in [1.807, 2.05) is 0 Å². The van der Waals surface area contributed by atoms with Crippen molar-refractivity contribution >= 4 is 97.3 Å². The van der Waals surface area contributed by atoms with Gasteiger partial charge in [0.2, 0.25) is 0 Å². The summed E-state index contributed by atoms with van der Waals surface area (Å²) >= 11 is 0. The molecule has 0 N–H and O–H groups in total. The van der Waals surface area contributed by atoms with E-state index in [4.69, 9.17) is 4.42 Å². The Kier molecular flexibility index (Phi) is 7.17. The average molecular weight is 797 g/mol. The van der Waals surface area contributed by atoms with Crippen LogP contribution in [-0.4, -0.2) is 0 Å². The number of furan rings is 1.